The molecular weight excluding hydrogens is 272 g/mol. The monoisotopic (exact) mass is 292 g/mol. The van der Waals surface area contributed by atoms with E-state index in [0.29, 0.717) is 5.88 Å². The van der Waals surface area contributed by atoms with Crippen LogP contribution in [-0.4, -0.2) is 9.78 Å². The normalized spacial score (nSPS) is 10.8. The Labute approximate surface area is 125 Å². The Balaban J connectivity index is 2.14. The molecule has 0 saturated carbocycles. The van der Waals surface area contributed by atoms with Crippen LogP contribution in [0, 0.1) is 6.92 Å². The number of aryl methyl sites for hydroxylation is 3. The maximum Gasteiger partial charge on any atom is 0.222 e. The number of nitrogens with zero attached hydrogens (tertiary/aromatic N) is 2. The highest BCUT2D eigenvalue weighted by Gasteiger charge is 2.14. The third-order valence-corrected chi connectivity index (χ3v) is 3.65. The summed E-state index contributed by atoms with van der Waals surface area (Å²) in [5.41, 5.74) is 3.21. The molecule has 0 spiro atoms. The van der Waals surface area contributed by atoms with Gasteiger partial charge >= 0.3 is 0 Å². The van der Waals surface area contributed by atoms with Gasteiger partial charge in [-0.3, -0.25) is 0 Å². The zero-order valence-corrected chi connectivity index (χ0v) is 13.1. The highest BCUT2D eigenvalue weighted by Crippen LogP contribution is 2.28. The lowest BCUT2D eigenvalue weighted by molar-refractivity contribution is 0.427. The molecule has 2 rings (SSSR count). The molecule has 3 nitrogen and oxygen atoms in total. The van der Waals surface area contributed by atoms with Crippen molar-refractivity contribution in [1.29, 1.82) is 0 Å². The molecule has 1 heterocycles. The van der Waals surface area contributed by atoms with E-state index in [2.05, 4.69) is 24.2 Å². The molecule has 0 atom stereocenters. The summed E-state index contributed by atoms with van der Waals surface area (Å²) >= 11 is 5.97. The highest BCUT2D eigenvalue weighted by molar-refractivity contribution is 6.17. The maximum atomic E-state index is 5.97. The fourth-order valence-corrected chi connectivity index (χ4v) is 2.49. The Morgan fingerprint density at radius 3 is 2.55 bits per heavy atom. The Morgan fingerprint density at radius 1 is 1.25 bits per heavy atom. The molecular formula is C16H21ClN2O. The minimum atomic E-state index is 0.406. The molecule has 0 aliphatic rings. The van der Waals surface area contributed by atoms with E-state index in [1.807, 2.05) is 26.1 Å². The first kappa shape index (κ1) is 14.9. The fraction of sp³-hybridized carbons (Fsp3) is 0.438. The van der Waals surface area contributed by atoms with Gasteiger partial charge in [0.2, 0.25) is 5.88 Å². The van der Waals surface area contributed by atoms with Crippen LogP contribution in [0.5, 0.6) is 11.6 Å². The van der Waals surface area contributed by atoms with Crippen molar-refractivity contribution >= 4 is 11.6 Å². The predicted octanol–water partition coefficient (Wildman–Crippen LogP) is 4.60. The number of halogens is 1. The van der Waals surface area contributed by atoms with Crippen molar-refractivity contribution in [2.75, 3.05) is 0 Å². The van der Waals surface area contributed by atoms with Gasteiger partial charge in [0.05, 0.1) is 17.1 Å². The van der Waals surface area contributed by atoms with E-state index < -0.39 is 0 Å². The van der Waals surface area contributed by atoms with Crippen LogP contribution in [0.4, 0.5) is 0 Å². The average molecular weight is 293 g/mol. The van der Waals surface area contributed by atoms with Gasteiger partial charge in [0.1, 0.15) is 5.75 Å². The van der Waals surface area contributed by atoms with Crippen LogP contribution in [-0.2, 0) is 19.3 Å². The molecule has 4 heteroatoms. The van der Waals surface area contributed by atoms with Gasteiger partial charge in [0.25, 0.3) is 0 Å². The molecule has 0 saturated heterocycles. The van der Waals surface area contributed by atoms with E-state index >= 15 is 0 Å². The van der Waals surface area contributed by atoms with Crippen LogP contribution in [0.15, 0.2) is 24.3 Å². The molecule has 0 N–H and O–H groups in total. The smallest absolute Gasteiger partial charge is 0.222 e. The molecule has 2 aromatic rings. The van der Waals surface area contributed by atoms with E-state index in [-0.39, 0.29) is 0 Å². The van der Waals surface area contributed by atoms with E-state index in [1.54, 1.807) is 4.68 Å². The largest absolute Gasteiger partial charge is 0.439 e. The fourth-order valence-electron chi connectivity index (χ4n) is 2.18. The average Bonchev–Trinajstić information content (AvgIpc) is 2.72. The van der Waals surface area contributed by atoms with Gasteiger partial charge in [0.15, 0.2) is 0 Å². The maximum absolute atomic E-state index is 5.97. The summed E-state index contributed by atoms with van der Waals surface area (Å²) in [7, 11) is 1.87. The van der Waals surface area contributed by atoms with E-state index in [4.69, 9.17) is 16.3 Å². The summed E-state index contributed by atoms with van der Waals surface area (Å²) in [6.45, 7) is 4.15. The second-order valence-electron chi connectivity index (χ2n) is 4.98. The number of aromatic nitrogens is 2. The minimum absolute atomic E-state index is 0.406. The lowest BCUT2D eigenvalue weighted by atomic mass is 10.1. The van der Waals surface area contributed by atoms with Crippen LogP contribution in [0.2, 0.25) is 0 Å². The van der Waals surface area contributed by atoms with Crippen LogP contribution in [0.3, 0.4) is 0 Å². The summed E-state index contributed by atoms with van der Waals surface area (Å²) in [5, 5.41) is 4.34. The lowest BCUT2D eigenvalue weighted by Crippen LogP contribution is -1.96. The summed E-state index contributed by atoms with van der Waals surface area (Å²) < 4.78 is 7.66. The van der Waals surface area contributed by atoms with Crippen molar-refractivity contribution in [2.24, 2.45) is 7.05 Å². The van der Waals surface area contributed by atoms with Gasteiger partial charge in [-0.1, -0.05) is 25.5 Å². The SMILES string of the molecule is CCCCc1ccc(Oc2c(CCl)c(C)nn2C)cc1. The van der Waals surface area contributed by atoms with Gasteiger partial charge < -0.3 is 4.74 Å². The van der Waals surface area contributed by atoms with Crippen LogP contribution in [0.25, 0.3) is 0 Å². The van der Waals surface area contributed by atoms with Crippen LogP contribution >= 0.6 is 11.6 Å². The topological polar surface area (TPSA) is 27.1 Å². The second kappa shape index (κ2) is 6.80. The quantitative estimate of drug-likeness (QED) is 0.727. The van der Waals surface area contributed by atoms with Crippen molar-refractivity contribution in [2.45, 2.75) is 39.0 Å². The Morgan fingerprint density at radius 2 is 1.95 bits per heavy atom. The predicted molar refractivity (Wildman–Crippen MR) is 82.6 cm³/mol. The molecule has 0 aliphatic carbocycles. The van der Waals surface area contributed by atoms with E-state index in [1.165, 1.54) is 18.4 Å². The zero-order valence-electron chi connectivity index (χ0n) is 12.3. The number of unbranched alkanes of at least 4 members (excludes halogenated alkanes) is 1. The van der Waals surface area contributed by atoms with Gasteiger partial charge in [-0.15, -0.1) is 11.6 Å². The highest BCUT2D eigenvalue weighted by atomic mass is 35.5. The van der Waals surface area contributed by atoms with Crippen molar-refractivity contribution < 1.29 is 4.74 Å². The lowest BCUT2D eigenvalue weighted by Gasteiger charge is -2.08. The number of benzene rings is 1. The third kappa shape index (κ3) is 3.34. The number of hydrogen-bond acceptors (Lipinski definition) is 2. The van der Waals surface area contributed by atoms with E-state index in [0.717, 1.165) is 29.3 Å². The molecule has 0 bridgehead atoms. The second-order valence-corrected chi connectivity index (χ2v) is 5.24. The first-order chi connectivity index (χ1) is 9.65. The summed E-state index contributed by atoms with van der Waals surface area (Å²) in [4.78, 5) is 0. The molecule has 0 amide bonds. The molecule has 0 radical (unpaired) electrons. The van der Waals surface area contributed by atoms with Gasteiger partial charge in [-0.2, -0.15) is 5.10 Å². The summed E-state index contributed by atoms with van der Waals surface area (Å²) in [6.07, 6.45) is 3.55. The number of ether oxygens (including phenoxy) is 1. The van der Waals surface area contributed by atoms with Gasteiger partial charge in [-0.05, 0) is 37.5 Å². The Kier molecular flexibility index (Phi) is 5.07. The number of alkyl halides is 1. The zero-order chi connectivity index (χ0) is 14.5. The first-order valence-electron chi connectivity index (χ1n) is 7.01. The molecule has 0 aliphatic heterocycles. The summed E-state index contributed by atoms with van der Waals surface area (Å²) in [5.74, 6) is 1.95. The van der Waals surface area contributed by atoms with E-state index in [9.17, 15) is 0 Å². The standard InChI is InChI=1S/C16H21ClN2O/c1-4-5-6-13-7-9-14(10-8-13)20-16-15(11-17)12(2)18-19(16)3/h7-10H,4-6,11H2,1-3H3. The Hall–Kier alpha value is -1.48. The summed E-state index contributed by atoms with van der Waals surface area (Å²) in [6, 6.07) is 8.25. The molecule has 0 unspecified atom stereocenters. The van der Waals surface area contributed by atoms with Crippen molar-refractivity contribution in [3.05, 3.63) is 41.1 Å². The number of hydrogen-bond donors (Lipinski definition) is 0. The van der Waals surface area contributed by atoms with Crippen molar-refractivity contribution in [3.63, 3.8) is 0 Å². The third-order valence-electron chi connectivity index (χ3n) is 3.38. The van der Waals surface area contributed by atoms with Crippen molar-refractivity contribution in [3.8, 4) is 11.6 Å². The Bertz CT molecular complexity index is 561. The molecule has 0 fully saturated rings. The molecule has 20 heavy (non-hydrogen) atoms. The van der Waals surface area contributed by atoms with Gasteiger partial charge in [0, 0.05) is 7.05 Å². The number of rotatable bonds is 6. The van der Waals surface area contributed by atoms with Crippen LogP contribution in [0.1, 0.15) is 36.6 Å². The minimum Gasteiger partial charge on any atom is -0.439 e. The first-order valence-corrected chi connectivity index (χ1v) is 7.54. The molecule has 1 aromatic heterocycles. The van der Waals surface area contributed by atoms with Gasteiger partial charge in [-0.25, -0.2) is 4.68 Å². The molecule has 108 valence electrons. The van der Waals surface area contributed by atoms with Crippen LogP contribution < -0.4 is 4.74 Å². The van der Waals surface area contributed by atoms with Crippen molar-refractivity contribution in [1.82, 2.24) is 9.78 Å². The molecule has 1 aromatic carbocycles.